The van der Waals surface area contributed by atoms with Gasteiger partial charge in [-0.2, -0.15) is 0 Å². The summed E-state index contributed by atoms with van der Waals surface area (Å²) in [5.41, 5.74) is 4.83. The van der Waals surface area contributed by atoms with E-state index >= 15 is 0 Å². The fourth-order valence-electron chi connectivity index (χ4n) is 1.10. The Morgan fingerprint density at radius 2 is 1.94 bits per heavy atom. The molecule has 0 aliphatic carbocycles. The second-order valence-electron chi connectivity index (χ2n) is 4.53. The highest BCUT2D eigenvalue weighted by atomic mass is 16.2. The molecule has 0 saturated carbocycles. The van der Waals surface area contributed by atoms with Gasteiger partial charge in [-0.15, -0.1) is 0 Å². The third-order valence-electron chi connectivity index (χ3n) is 2.42. The van der Waals surface area contributed by atoms with Crippen molar-refractivity contribution in [3.05, 3.63) is 0 Å². The largest absolute Gasteiger partial charge is 0.370 e. The van der Waals surface area contributed by atoms with Crippen molar-refractivity contribution in [2.45, 2.75) is 45.6 Å². The van der Waals surface area contributed by atoms with Crippen molar-refractivity contribution in [2.75, 3.05) is 13.1 Å². The lowest BCUT2D eigenvalue weighted by molar-refractivity contribution is -0.121. The van der Waals surface area contributed by atoms with Gasteiger partial charge in [-0.05, 0) is 33.2 Å². The van der Waals surface area contributed by atoms with Gasteiger partial charge in [0.15, 0.2) is 0 Å². The van der Waals surface area contributed by atoms with Gasteiger partial charge in [0.05, 0.1) is 6.54 Å². The predicted octanol–water partition coefficient (Wildman–Crippen LogP) is 0.146. The molecule has 5 nitrogen and oxygen atoms in total. The smallest absolute Gasteiger partial charge is 0.234 e. The molecule has 0 saturated heterocycles. The highest BCUT2D eigenvalue weighted by Crippen LogP contribution is 2.05. The van der Waals surface area contributed by atoms with Crippen molar-refractivity contribution in [1.29, 1.82) is 0 Å². The van der Waals surface area contributed by atoms with Crippen LogP contribution in [0.5, 0.6) is 0 Å². The second kappa shape index (κ2) is 7.22. The average molecular weight is 229 g/mol. The summed E-state index contributed by atoms with van der Waals surface area (Å²) in [6.07, 6.45) is 1.91. The Morgan fingerprint density at radius 1 is 1.31 bits per heavy atom. The number of rotatable bonds is 8. The Balaban J connectivity index is 3.55. The molecule has 0 fully saturated rings. The monoisotopic (exact) mass is 229 g/mol. The number of carbonyl (C=O) groups is 2. The first-order valence-electron chi connectivity index (χ1n) is 5.67. The van der Waals surface area contributed by atoms with Crippen LogP contribution in [-0.4, -0.2) is 30.4 Å². The molecule has 0 radical (unpaired) electrons. The number of primary amides is 1. The van der Waals surface area contributed by atoms with Gasteiger partial charge in [-0.25, -0.2) is 0 Å². The Bertz CT molecular complexity index is 239. The summed E-state index contributed by atoms with van der Waals surface area (Å²) in [4.78, 5) is 21.9. The molecule has 0 rings (SSSR count). The van der Waals surface area contributed by atoms with Crippen molar-refractivity contribution >= 4 is 11.8 Å². The molecule has 16 heavy (non-hydrogen) atoms. The van der Waals surface area contributed by atoms with E-state index < -0.39 is 0 Å². The van der Waals surface area contributed by atoms with E-state index in [0.29, 0.717) is 19.4 Å². The van der Waals surface area contributed by atoms with Crippen LogP contribution in [0.2, 0.25) is 0 Å². The quantitative estimate of drug-likeness (QED) is 0.518. The van der Waals surface area contributed by atoms with Crippen LogP contribution < -0.4 is 16.4 Å². The van der Waals surface area contributed by atoms with Crippen molar-refractivity contribution in [1.82, 2.24) is 10.6 Å². The highest BCUT2D eigenvalue weighted by Gasteiger charge is 2.16. The lowest BCUT2D eigenvalue weighted by Crippen LogP contribution is -2.46. The molecule has 0 aromatic rings. The zero-order valence-corrected chi connectivity index (χ0v) is 10.4. The van der Waals surface area contributed by atoms with Crippen LogP contribution in [0.1, 0.15) is 40.0 Å². The molecule has 2 amide bonds. The second-order valence-corrected chi connectivity index (χ2v) is 4.53. The molecule has 0 aromatic carbocycles. The van der Waals surface area contributed by atoms with Crippen molar-refractivity contribution in [3.8, 4) is 0 Å². The zero-order valence-electron chi connectivity index (χ0n) is 10.4. The molecule has 4 N–H and O–H groups in total. The van der Waals surface area contributed by atoms with E-state index in [1.807, 2.05) is 20.8 Å². The number of amides is 2. The molecule has 0 atom stereocenters. The van der Waals surface area contributed by atoms with Crippen LogP contribution in [0, 0.1) is 0 Å². The van der Waals surface area contributed by atoms with E-state index in [2.05, 4.69) is 10.6 Å². The van der Waals surface area contributed by atoms with Crippen LogP contribution in [0.15, 0.2) is 0 Å². The first kappa shape index (κ1) is 14.9. The fraction of sp³-hybridized carbons (Fsp3) is 0.818. The average Bonchev–Trinajstić information content (AvgIpc) is 2.16. The standard InChI is InChI=1S/C11H23N3O2/c1-4-11(2,3)14-10(16)8-13-7-5-6-9(12)15/h13H,4-8H2,1-3H3,(H2,12,15)(H,14,16). The molecule has 0 heterocycles. The molecule has 0 bridgehead atoms. The number of carbonyl (C=O) groups excluding carboxylic acids is 2. The third kappa shape index (κ3) is 8.23. The normalized spacial score (nSPS) is 11.2. The molecule has 0 aliphatic rings. The Hall–Kier alpha value is -1.10. The van der Waals surface area contributed by atoms with Crippen LogP contribution >= 0.6 is 0 Å². The maximum atomic E-state index is 11.4. The van der Waals surface area contributed by atoms with E-state index in [1.165, 1.54) is 0 Å². The van der Waals surface area contributed by atoms with Crippen LogP contribution in [-0.2, 0) is 9.59 Å². The van der Waals surface area contributed by atoms with E-state index in [9.17, 15) is 9.59 Å². The molecular weight excluding hydrogens is 206 g/mol. The van der Waals surface area contributed by atoms with Crippen LogP contribution in [0.25, 0.3) is 0 Å². The van der Waals surface area contributed by atoms with Crippen molar-refractivity contribution < 1.29 is 9.59 Å². The van der Waals surface area contributed by atoms with Gasteiger partial charge in [0.2, 0.25) is 11.8 Å². The summed E-state index contributed by atoms with van der Waals surface area (Å²) < 4.78 is 0. The van der Waals surface area contributed by atoms with Gasteiger partial charge in [0.1, 0.15) is 0 Å². The fourth-order valence-corrected chi connectivity index (χ4v) is 1.10. The molecule has 0 spiro atoms. The van der Waals surface area contributed by atoms with Gasteiger partial charge in [-0.1, -0.05) is 6.92 Å². The first-order valence-corrected chi connectivity index (χ1v) is 5.67. The Morgan fingerprint density at radius 3 is 2.44 bits per heavy atom. The summed E-state index contributed by atoms with van der Waals surface area (Å²) >= 11 is 0. The van der Waals surface area contributed by atoms with Gasteiger partial charge in [0, 0.05) is 12.0 Å². The van der Waals surface area contributed by atoms with Crippen molar-refractivity contribution in [3.63, 3.8) is 0 Å². The van der Waals surface area contributed by atoms with E-state index in [-0.39, 0.29) is 23.9 Å². The first-order chi connectivity index (χ1) is 7.37. The molecule has 5 heteroatoms. The lowest BCUT2D eigenvalue weighted by Gasteiger charge is -2.24. The Kier molecular flexibility index (Phi) is 6.72. The SMILES string of the molecule is CCC(C)(C)NC(=O)CNCCCC(N)=O. The van der Waals surface area contributed by atoms with E-state index in [4.69, 9.17) is 5.73 Å². The minimum absolute atomic E-state index is 0.0223. The van der Waals surface area contributed by atoms with Gasteiger partial charge < -0.3 is 16.4 Å². The Labute approximate surface area is 97.2 Å². The topological polar surface area (TPSA) is 84.2 Å². The van der Waals surface area contributed by atoms with Gasteiger partial charge >= 0.3 is 0 Å². The summed E-state index contributed by atoms with van der Waals surface area (Å²) in [7, 11) is 0. The number of nitrogens with two attached hydrogens (primary N) is 1. The van der Waals surface area contributed by atoms with Gasteiger partial charge in [-0.3, -0.25) is 9.59 Å². The maximum Gasteiger partial charge on any atom is 0.234 e. The number of nitrogens with one attached hydrogen (secondary N) is 2. The molecular formula is C11H23N3O2. The molecule has 94 valence electrons. The summed E-state index contributed by atoms with van der Waals surface area (Å²) in [5, 5.41) is 5.88. The number of hydrogen-bond donors (Lipinski definition) is 3. The molecule has 0 aromatic heterocycles. The van der Waals surface area contributed by atoms with E-state index in [0.717, 1.165) is 6.42 Å². The van der Waals surface area contributed by atoms with Crippen LogP contribution in [0.3, 0.4) is 0 Å². The minimum atomic E-state index is -0.307. The third-order valence-corrected chi connectivity index (χ3v) is 2.42. The summed E-state index contributed by atoms with van der Waals surface area (Å²) in [6.45, 7) is 6.90. The van der Waals surface area contributed by atoms with Crippen molar-refractivity contribution in [2.24, 2.45) is 5.73 Å². The highest BCUT2D eigenvalue weighted by molar-refractivity contribution is 5.78. The van der Waals surface area contributed by atoms with E-state index in [1.54, 1.807) is 0 Å². The predicted molar refractivity (Wildman–Crippen MR) is 63.8 cm³/mol. The minimum Gasteiger partial charge on any atom is -0.370 e. The zero-order chi connectivity index (χ0) is 12.6. The number of hydrogen-bond acceptors (Lipinski definition) is 3. The van der Waals surface area contributed by atoms with Gasteiger partial charge in [0.25, 0.3) is 0 Å². The summed E-state index contributed by atoms with van der Waals surface area (Å²) in [6, 6.07) is 0. The summed E-state index contributed by atoms with van der Waals surface area (Å²) in [5.74, 6) is -0.329. The molecule has 0 unspecified atom stereocenters. The maximum absolute atomic E-state index is 11.4. The molecule has 0 aliphatic heterocycles. The lowest BCUT2D eigenvalue weighted by atomic mass is 10.0. The van der Waals surface area contributed by atoms with Crippen LogP contribution in [0.4, 0.5) is 0 Å².